The van der Waals surface area contributed by atoms with Gasteiger partial charge in [-0.25, -0.2) is 9.79 Å². The lowest BCUT2D eigenvalue weighted by molar-refractivity contribution is -0.138. The zero-order valence-corrected chi connectivity index (χ0v) is 21.5. The molecule has 176 valence electrons. The molecule has 1 atom stereocenters. The minimum atomic E-state index is -0.669. The number of carbonyl (C=O) groups is 1. The van der Waals surface area contributed by atoms with Gasteiger partial charge in [0.05, 0.1) is 32.5 Å². The van der Waals surface area contributed by atoms with Crippen LogP contribution in [0, 0.1) is 0 Å². The summed E-state index contributed by atoms with van der Waals surface area (Å²) < 4.78 is 7.45. The summed E-state index contributed by atoms with van der Waals surface area (Å²) in [5, 5.41) is 2.69. The third kappa shape index (κ3) is 4.41. The highest BCUT2D eigenvalue weighted by atomic mass is 35.5. The highest BCUT2D eigenvalue weighted by Crippen LogP contribution is 2.36. The van der Waals surface area contributed by atoms with Gasteiger partial charge in [-0.15, -0.1) is 11.3 Å². The van der Waals surface area contributed by atoms with Gasteiger partial charge in [0, 0.05) is 10.4 Å². The number of esters is 1. The van der Waals surface area contributed by atoms with Crippen molar-refractivity contribution in [2.24, 2.45) is 4.99 Å². The van der Waals surface area contributed by atoms with Crippen molar-refractivity contribution < 1.29 is 9.53 Å². The van der Waals surface area contributed by atoms with Gasteiger partial charge in [-0.2, -0.15) is 0 Å². The second kappa shape index (κ2) is 9.95. The van der Waals surface area contributed by atoms with Crippen molar-refractivity contribution in [1.29, 1.82) is 0 Å². The molecule has 3 heterocycles. The number of benzene rings is 2. The van der Waals surface area contributed by atoms with Crippen LogP contribution in [0.1, 0.15) is 29.0 Å². The molecule has 0 saturated carbocycles. The van der Waals surface area contributed by atoms with Crippen LogP contribution in [0.5, 0.6) is 0 Å². The molecule has 4 aromatic rings. The molecule has 0 spiro atoms. The van der Waals surface area contributed by atoms with Crippen LogP contribution in [-0.4, -0.2) is 17.1 Å². The first-order valence-electron chi connectivity index (χ1n) is 10.8. The van der Waals surface area contributed by atoms with Crippen molar-refractivity contribution >= 4 is 63.6 Å². The maximum absolute atomic E-state index is 13.7. The smallest absolute Gasteiger partial charge is 0.338 e. The first-order valence-corrected chi connectivity index (χ1v) is 13.2. The van der Waals surface area contributed by atoms with E-state index >= 15 is 0 Å². The third-order valence-corrected chi connectivity index (χ3v) is 8.20. The number of halogens is 2. The maximum atomic E-state index is 13.7. The number of hydrogen-bond acceptors (Lipinski definition) is 6. The molecule has 0 fully saturated rings. The molecule has 9 heteroatoms. The third-order valence-electron chi connectivity index (χ3n) is 5.45. The van der Waals surface area contributed by atoms with Crippen molar-refractivity contribution in [2.75, 3.05) is 6.61 Å². The summed E-state index contributed by atoms with van der Waals surface area (Å²) in [5.41, 5.74) is 1.96. The molecule has 0 unspecified atom stereocenters. The Morgan fingerprint density at radius 1 is 1.11 bits per heavy atom. The molecule has 1 aliphatic rings. The van der Waals surface area contributed by atoms with E-state index in [1.165, 1.54) is 22.7 Å². The number of nitrogens with zero attached hydrogens (tertiary/aromatic N) is 2. The van der Waals surface area contributed by atoms with E-state index in [4.69, 9.17) is 32.9 Å². The molecule has 35 heavy (non-hydrogen) atoms. The highest BCUT2D eigenvalue weighted by Gasteiger charge is 2.35. The number of aromatic nitrogens is 1. The van der Waals surface area contributed by atoms with Crippen molar-refractivity contribution in [2.45, 2.75) is 13.0 Å². The van der Waals surface area contributed by atoms with Crippen LogP contribution in [0.4, 0.5) is 0 Å². The minimum absolute atomic E-state index is 0.208. The molecule has 0 aliphatic carbocycles. The van der Waals surface area contributed by atoms with Gasteiger partial charge < -0.3 is 4.74 Å². The number of rotatable bonds is 5. The number of hydrogen-bond donors (Lipinski definition) is 0. The normalized spacial score (nSPS) is 15.6. The Hall–Kier alpha value is -2.97. The fourth-order valence-electron chi connectivity index (χ4n) is 3.93. The number of carbonyl (C=O) groups excluding carboxylic acids is 1. The molecule has 0 bridgehead atoms. The zero-order valence-electron chi connectivity index (χ0n) is 18.4. The molecule has 2 aromatic heterocycles. The predicted molar refractivity (Wildman–Crippen MR) is 142 cm³/mol. The molecule has 5 rings (SSSR count). The van der Waals surface area contributed by atoms with Crippen LogP contribution >= 0.6 is 45.9 Å². The first-order chi connectivity index (χ1) is 17.0. The molecule has 5 nitrogen and oxygen atoms in total. The van der Waals surface area contributed by atoms with E-state index in [-0.39, 0.29) is 12.2 Å². The fraction of sp³-hybridized carbons (Fsp3) is 0.115. The Labute approximate surface area is 218 Å². The molecule has 0 radical (unpaired) electrons. The van der Waals surface area contributed by atoms with Gasteiger partial charge in [0.25, 0.3) is 5.56 Å². The van der Waals surface area contributed by atoms with Crippen LogP contribution in [0.2, 0.25) is 10.0 Å². The van der Waals surface area contributed by atoms with E-state index in [0.29, 0.717) is 36.2 Å². The summed E-state index contributed by atoms with van der Waals surface area (Å²) in [6.45, 7) is 1.96. The molecule has 0 N–H and O–H groups in total. The lowest BCUT2D eigenvalue weighted by Gasteiger charge is -2.24. The minimum Gasteiger partial charge on any atom is -0.463 e. The lowest BCUT2D eigenvalue weighted by atomic mass is 9.97. The maximum Gasteiger partial charge on any atom is 0.338 e. The Balaban J connectivity index is 1.83. The van der Waals surface area contributed by atoms with Crippen LogP contribution in [0.15, 0.2) is 81.4 Å². The fourth-order valence-corrected chi connectivity index (χ4v) is 6.11. The van der Waals surface area contributed by atoms with Gasteiger partial charge in [0.2, 0.25) is 0 Å². The Bertz CT molecular complexity index is 1620. The molecule has 2 aromatic carbocycles. The average molecular weight is 541 g/mol. The quantitative estimate of drug-likeness (QED) is 0.322. The largest absolute Gasteiger partial charge is 0.463 e. The second-order valence-corrected chi connectivity index (χ2v) is 10.4. The van der Waals surface area contributed by atoms with Gasteiger partial charge in [-0.05, 0) is 36.1 Å². The second-order valence-electron chi connectivity index (χ2n) is 7.59. The van der Waals surface area contributed by atoms with Gasteiger partial charge >= 0.3 is 5.97 Å². The summed E-state index contributed by atoms with van der Waals surface area (Å²) >= 11 is 15.3. The van der Waals surface area contributed by atoms with E-state index in [1.54, 1.807) is 35.8 Å². The number of ether oxygens (including phenoxy) is 1. The van der Waals surface area contributed by atoms with Crippen molar-refractivity contribution in [1.82, 2.24) is 4.57 Å². The molecule has 0 saturated heterocycles. The zero-order chi connectivity index (χ0) is 24.5. The molecule has 0 amide bonds. The predicted octanol–water partition coefficient (Wildman–Crippen LogP) is 5.30. The summed E-state index contributed by atoms with van der Waals surface area (Å²) in [5.74, 6) is -0.499. The Kier molecular flexibility index (Phi) is 6.75. The van der Waals surface area contributed by atoms with E-state index in [2.05, 4.69) is 0 Å². The van der Waals surface area contributed by atoms with Crippen molar-refractivity contribution in [3.63, 3.8) is 0 Å². The van der Waals surface area contributed by atoms with Gasteiger partial charge in [0.15, 0.2) is 4.80 Å². The van der Waals surface area contributed by atoms with Gasteiger partial charge in [-0.3, -0.25) is 9.36 Å². The van der Waals surface area contributed by atoms with E-state index in [1.807, 2.05) is 47.8 Å². The van der Waals surface area contributed by atoms with E-state index in [9.17, 15) is 9.59 Å². The monoisotopic (exact) mass is 540 g/mol. The summed E-state index contributed by atoms with van der Waals surface area (Å²) in [6.07, 6.45) is 1.71. The topological polar surface area (TPSA) is 60.7 Å². The number of thiophene rings is 1. The SMILES string of the molecule is CCOC(=O)C1=C(c2ccccc2)N=c2s/c(=C\c3cccc(Cl)c3Cl)c(=O)n2[C@@H]1c1cccs1. The van der Waals surface area contributed by atoms with Crippen LogP contribution in [0.3, 0.4) is 0 Å². The lowest BCUT2D eigenvalue weighted by Crippen LogP contribution is -2.39. The Morgan fingerprint density at radius 2 is 1.91 bits per heavy atom. The first kappa shape index (κ1) is 23.8. The highest BCUT2D eigenvalue weighted by molar-refractivity contribution is 7.10. The molecular weight excluding hydrogens is 523 g/mol. The van der Waals surface area contributed by atoms with Crippen LogP contribution in [-0.2, 0) is 9.53 Å². The Morgan fingerprint density at radius 3 is 2.63 bits per heavy atom. The molecular formula is C26H18Cl2N2O3S2. The summed E-state index contributed by atoms with van der Waals surface area (Å²) in [7, 11) is 0. The van der Waals surface area contributed by atoms with E-state index < -0.39 is 12.0 Å². The van der Waals surface area contributed by atoms with E-state index in [0.717, 1.165) is 10.4 Å². The van der Waals surface area contributed by atoms with Crippen LogP contribution in [0.25, 0.3) is 11.8 Å². The van der Waals surface area contributed by atoms with Gasteiger partial charge in [-0.1, -0.05) is 83.1 Å². The number of thiazole rings is 1. The summed E-state index contributed by atoms with van der Waals surface area (Å²) in [4.78, 5) is 33.2. The number of fused-ring (bicyclic) bond motifs is 1. The molecule has 1 aliphatic heterocycles. The van der Waals surface area contributed by atoms with Crippen molar-refractivity contribution in [3.05, 3.63) is 117 Å². The standard InChI is InChI=1S/C26H18Cl2N2O3S2/c1-2-33-25(32)20-22(15-8-4-3-5-9-15)29-26-30(23(20)18-12-7-13-34-18)24(31)19(35-26)14-16-10-6-11-17(27)21(16)28/h3-14,23H,2H2,1H3/b19-14-/t23-/m1/s1. The van der Waals surface area contributed by atoms with Crippen LogP contribution < -0.4 is 14.9 Å². The average Bonchev–Trinajstić information content (AvgIpc) is 3.50. The van der Waals surface area contributed by atoms with Crippen molar-refractivity contribution in [3.8, 4) is 0 Å². The summed E-state index contributed by atoms with van der Waals surface area (Å²) in [6, 6.07) is 17.9. The van der Waals surface area contributed by atoms with Gasteiger partial charge in [0.1, 0.15) is 6.04 Å².